The van der Waals surface area contributed by atoms with Crippen LogP contribution in [-0.4, -0.2) is 83.8 Å². The van der Waals surface area contributed by atoms with Gasteiger partial charge in [0, 0.05) is 50.6 Å². The SMILES string of the molecule is CC(C)c1cc(C(=O)N2C[C@@H]3CCN(C(=O)N4CCOCC4)[C@@H]3C2)no1. The maximum Gasteiger partial charge on any atom is 0.320 e. The highest BCUT2D eigenvalue weighted by atomic mass is 16.5. The summed E-state index contributed by atoms with van der Waals surface area (Å²) >= 11 is 0. The maximum absolute atomic E-state index is 12.8. The topological polar surface area (TPSA) is 79.1 Å². The minimum Gasteiger partial charge on any atom is -0.378 e. The molecule has 4 heterocycles. The monoisotopic (exact) mass is 362 g/mol. The first-order chi connectivity index (χ1) is 12.5. The normalized spacial score (nSPS) is 25.9. The molecule has 142 valence electrons. The van der Waals surface area contributed by atoms with E-state index in [0.29, 0.717) is 51.0 Å². The van der Waals surface area contributed by atoms with Crippen LogP contribution in [0.3, 0.4) is 0 Å². The van der Waals surface area contributed by atoms with E-state index in [9.17, 15) is 9.59 Å². The summed E-state index contributed by atoms with van der Waals surface area (Å²) in [4.78, 5) is 31.2. The molecule has 0 saturated carbocycles. The summed E-state index contributed by atoms with van der Waals surface area (Å²) in [5.41, 5.74) is 0.361. The van der Waals surface area contributed by atoms with Gasteiger partial charge in [-0.15, -0.1) is 0 Å². The summed E-state index contributed by atoms with van der Waals surface area (Å²) in [6, 6.07) is 1.92. The summed E-state index contributed by atoms with van der Waals surface area (Å²) in [5, 5.41) is 3.93. The molecular weight excluding hydrogens is 336 g/mol. The van der Waals surface area contributed by atoms with Crippen LogP contribution in [0.5, 0.6) is 0 Å². The Labute approximate surface area is 153 Å². The van der Waals surface area contributed by atoms with Gasteiger partial charge in [0.1, 0.15) is 5.76 Å². The minimum absolute atomic E-state index is 0.0821. The van der Waals surface area contributed by atoms with E-state index < -0.39 is 0 Å². The number of nitrogens with zero attached hydrogens (tertiary/aromatic N) is 4. The number of hydrogen-bond donors (Lipinski definition) is 0. The molecule has 0 radical (unpaired) electrons. The Bertz CT molecular complexity index is 682. The van der Waals surface area contributed by atoms with E-state index in [-0.39, 0.29) is 23.9 Å². The smallest absolute Gasteiger partial charge is 0.320 e. The Morgan fingerprint density at radius 3 is 2.62 bits per heavy atom. The molecule has 0 N–H and O–H groups in total. The summed E-state index contributed by atoms with van der Waals surface area (Å²) in [5.74, 6) is 1.16. The van der Waals surface area contributed by atoms with E-state index >= 15 is 0 Å². The van der Waals surface area contributed by atoms with Crippen molar-refractivity contribution in [2.24, 2.45) is 5.92 Å². The van der Waals surface area contributed by atoms with Gasteiger partial charge in [-0.25, -0.2) is 4.79 Å². The van der Waals surface area contributed by atoms with Crippen LogP contribution in [-0.2, 0) is 4.74 Å². The van der Waals surface area contributed by atoms with E-state index in [4.69, 9.17) is 9.26 Å². The van der Waals surface area contributed by atoms with E-state index in [1.165, 1.54) is 0 Å². The molecule has 8 nitrogen and oxygen atoms in total. The van der Waals surface area contributed by atoms with E-state index in [1.807, 2.05) is 28.5 Å². The van der Waals surface area contributed by atoms with Crippen molar-refractivity contribution in [1.82, 2.24) is 19.9 Å². The number of morpholine rings is 1. The first-order valence-electron chi connectivity index (χ1n) is 9.43. The third kappa shape index (κ3) is 3.06. The number of hydrogen-bond acceptors (Lipinski definition) is 5. The molecule has 3 aliphatic heterocycles. The second-order valence-electron chi connectivity index (χ2n) is 7.67. The van der Waals surface area contributed by atoms with Crippen molar-refractivity contribution in [2.45, 2.75) is 32.2 Å². The standard InChI is InChI=1S/C18H26N4O4/c1-12(2)16-9-14(19-26-16)17(23)21-10-13-3-4-22(15(13)11-21)18(24)20-5-7-25-8-6-20/h9,12-13,15H,3-8,10-11H2,1-2H3/t13-,15+/m0/s1. The predicted octanol–water partition coefficient (Wildman–Crippen LogP) is 1.40. The number of ether oxygens (including phenoxy) is 1. The van der Waals surface area contributed by atoms with Gasteiger partial charge in [-0.2, -0.15) is 0 Å². The fraction of sp³-hybridized carbons (Fsp3) is 0.722. The molecule has 3 aliphatic rings. The second kappa shape index (κ2) is 6.90. The Morgan fingerprint density at radius 1 is 1.15 bits per heavy atom. The molecule has 0 unspecified atom stereocenters. The molecule has 0 aliphatic carbocycles. The maximum atomic E-state index is 12.8. The molecule has 1 aromatic heterocycles. The van der Waals surface area contributed by atoms with Crippen molar-refractivity contribution in [3.05, 3.63) is 17.5 Å². The zero-order valence-electron chi connectivity index (χ0n) is 15.4. The number of carbonyl (C=O) groups is 2. The van der Waals surface area contributed by atoms with Crippen molar-refractivity contribution < 1.29 is 18.8 Å². The molecule has 0 bridgehead atoms. The Hall–Kier alpha value is -2.09. The van der Waals surface area contributed by atoms with Crippen molar-refractivity contribution in [1.29, 1.82) is 0 Å². The first kappa shape index (κ1) is 17.3. The lowest BCUT2D eigenvalue weighted by Gasteiger charge is -2.33. The molecule has 3 fully saturated rings. The molecule has 3 saturated heterocycles. The van der Waals surface area contributed by atoms with Gasteiger partial charge in [-0.1, -0.05) is 19.0 Å². The molecule has 8 heteroatoms. The molecule has 2 atom stereocenters. The van der Waals surface area contributed by atoms with Gasteiger partial charge >= 0.3 is 6.03 Å². The van der Waals surface area contributed by atoms with E-state index in [2.05, 4.69) is 5.16 Å². The van der Waals surface area contributed by atoms with Crippen LogP contribution >= 0.6 is 0 Å². The number of urea groups is 1. The lowest BCUT2D eigenvalue weighted by Crippen LogP contribution is -2.51. The highest BCUT2D eigenvalue weighted by Gasteiger charge is 2.46. The van der Waals surface area contributed by atoms with Crippen LogP contribution < -0.4 is 0 Å². The molecule has 3 amide bonds. The minimum atomic E-state index is -0.103. The second-order valence-corrected chi connectivity index (χ2v) is 7.67. The van der Waals surface area contributed by atoms with Crippen LogP contribution in [0.4, 0.5) is 4.79 Å². The zero-order valence-corrected chi connectivity index (χ0v) is 15.4. The first-order valence-corrected chi connectivity index (χ1v) is 9.43. The van der Waals surface area contributed by atoms with Gasteiger partial charge < -0.3 is 24.0 Å². The lowest BCUT2D eigenvalue weighted by molar-refractivity contribution is 0.0416. The van der Waals surface area contributed by atoms with E-state index in [1.54, 1.807) is 6.07 Å². The summed E-state index contributed by atoms with van der Waals surface area (Å²) in [7, 11) is 0. The van der Waals surface area contributed by atoms with Gasteiger partial charge in [-0.3, -0.25) is 4.79 Å². The molecule has 1 aromatic rings. The van der Waals surface area contributed by atoms with Gasteiger partial charge in [0.2, 0.25) is 0 Å². The number of carbonyl (C=O) groups excluding carboxylic acids is 2. The summed E-state index contributed by atoms with van der Waals surface area (Å²) in [6.07, 6.45) is 0.945. The van der Waals surface area contributed by atoms with Crippen LogP contribution in [0, 0.1) is 5.92 Å². The molecule has 0 aromatic carbocycles. The average Bonchev–Trinajstić information content (AvgIpc) is 3.36. The largest absolute Gasteiger partial charge is 0.378 e. The summed E-state index contributed by atoms with van der Waals surface area (Å²) in [6.45, 7) is 8.52. The molecule has 4 rings (SSSR count). The van der Waals surface area contributed by atoms with Gasteiger partial charge in [-0.05, 0) is 6.42 Å². The number of rotatable bonds is 2. The fourth-order valence-electron chi connectivity index (χ4n) is 4.13. The van der Waals surface area contributed by atoms with Crippen LogP contribution in [0.1, 0.15) is 42.4 Å². The fourth-order valence-corrected chi connectivity index (χ4v) is 4.13. The highest BCUT2D eigenvalue weighted by molar-refractivity contribution is 5.92. The lowest BCUT2D eigenvalue weighted by atomic mass is 10.1. The van der Waals surface area contributed by atoms with Crippen LogP contribution in [0.2, 0.25) is 0 Å². The Kier molecular flexibility index (Phi) is 4.60. The number of aromatic nitrogens is 1. The highest BCUT2D eigenvalue weighted by Crippen LogP contribution is 2.33. The molecule has 0 spiro atoms. The predicted molar refractivity (Wildman–Crippen MR) is 92.9 cm³/mol. The molecule has 26 heavy (non-hydrogen) atoms. The number of likely N-dealkylation sites (tertiary alicyclic amines) is 2. The van der Waals surface area contributed by atoms with Gasteiger partial charge in [0.25, 0.3) is 5.91 Å². The van der Waals surface area contributed by atoms with Gasteiger partial charge in [0.05, 0.1) is 19.3 Å². The van der Waals surface area contributed by atoms with Crippen molar-refractivity contribution in [2.75, 3.05) is 45.9 Å². The quantitative estimate of drug-likeness (QED) is 0.794. The number of fused-ring (bicyclic) bond motifs is 1. The Morgan fingerprint density at radius 2 is 1.92 bits per heavy atom. The van der Waals surface area contributed by atoms with Crippen LogP contribution in [0.15, 0.2) is 10.6 Å². The van der Waals surface area contributed by atoms with Crippen molar-refractivity contribution in [3.8, 4) is 0 Å². The van der Waals surface area contributed by atoms with Gasteiger partial charge in [0.15, 0.2) is 5.69 Å². The number of amides is 3. The van der Waals surface area contributed by atoms with Crippen LogP contribution in [0.25, 0.3) is 0 Å². The zero-order chi connectivity index (χ0) is 18.3. The third-order valence-corrected chi connectivity index (χ3v) is 5.68. The van der Waals surface area contributed by atoms with Crippen molar-refractivity contribution >= 4 is 11.9 Å². The summed E-state index contributed by atoms with van der Waals surface area (Å²) < 4.78 is 10.6. The average molecular weight is 362 g/mol. The van der Waals surface area contributed by atoms with Crippen molar-refractivity contribution in [3.63, 3.8) is 0 Å². The van der Waals surface area contributed by atoms with E-state index in [0.717, 1.165) is 18.7 Å². The Balaban J connectivity index is 1.42. The third-order valence-electron chi connectivity index (χ3n) is 5.68. The molecular formula is C18H26N4O4.